The zero-order chi connectivity index (χ0) is 20.4. The van der Waals surface area contributed by atoms with Crippen LogP contribution >= 0.6 is 0 Å². The van der Waals surface area contributed by atoms with Crippen molar-refractivity contribution in [1.82, 2.24) is 0 Å². The summed E-state index contributed by atoms with van der Waals surface area (Å²) < 4.78 is 15.1. The number of hydrogen-bond acceptors (Lipinski definition) is 8. The molecule has 0 spiro atoms. The molecule has 1 aliphatic carbocycles. The smallest absolute Gasteiger partial charge is 0.309 e. The molecule has 1 fully saturated rings. The Labute approximate surface area is 154 Å². The minimum absolute atomic E-state index is 0.0266. The molecule has 1 rings (SSSR count). The van der Waals surface area contributed by atoms with Gasteiger partial charge in [-0.3, -0.25) is 19.2 Å². The first-order chi connectivity index (χ1) is 12.8. The summed E-state index contributed by atoms with van der Waals surface area (Å²) in [6.07, 6.45) is -0.877. The molecule has 0 aromatic rings. The maximum absolute atomic E-state index is 12.2. The third-order valence-corrected chi connectivity index (χ3v) is 4.32. The van der Waals surface area contributed by atoms with E-state index >= 15 is 0 Å². The number of aliphatic hydroxyl groups is 1. The fraction of sp³-hybridized carbons (Fsp3) is 0.750. The van der Waals surface area contributed by atoms with Gasteiger partial charge in [-0.05, 0) is 12.8 Å². The van der Waals surface area contributed by atoms with E-state index in [1.807, 2.05) is 0 Å². The van der Waals surface area contributed by atoms with E-state index in [9.17, 15) is 29.4 Å². The highest BCUT2D eigenvalue weighted by atomic mass is 16.6. The number of carboxylic acid groups (broad SMARTS) is 3. The fourth-order valence-corrected chi connectivity index (χ4v) is 2.98. The fourth-order valence-electron chi connectivity index (χ4n) is 2.98. The van der Waals surface area contributed by atoms with E-state index in [1.54, 1.807) is 0 Å². The summed E-state index contributed by atoms with van der Waals surface area (Å²) in [6, 6.07) is 0. The number of aliphatic hydroxyl groups excluding tert-OH is 1. The summed E-state index contributed by atoms with van der Waals surface area (Å²) in [4.78, 5) is 46.2. The van der Waals surface area contributed by atoms with E-state index in [4.69, 9.17) is 24.4 Å². The maximum atomic E-state index is 12.2. The molecule has 0 bridgehead atoms. The van der Waals surface area contributed by atoms with Crippen LogP contribution in [0.2, 0.25) is 0 Å². The SMILES string of the molecule is O=C(O)C1CC(C(=O)O)C(C(=O)OCCOCCOCCO)CC1C(=O)O. The molecule has 4 atom stereocenters. The highest BCUT2D eigenvalue weighted by Gasteiger charge is 2.49. The Kier molecular flexibility index (Phi) is 9.68. The summed E-state index contributed by atoms with van der Waals surface area (Å²) in [7, 11) is 0. The summed E-state index contributed by atoms with van der Waals surface area (Å²) in [5.74, 6) is -10.4. The Balaban J connectivity index is 2.56. The molecule has 4 N–H and O–H groups in total. The van der Waals surface area contributed by atoms with Gasteiger partial charge in [0, 0.05) is 0 Å². The summed E-state index contributed by atoms with van der Waals surface area (Å²) in [5.41, 5.74) is 0. The molecule has 154 valence electrons. The number of aliphatic carboxylic acids is 3. The Morgan fingerprint density at radius 3 is 1.56 bits per heavy atom. The molecular weight excluding hydrogens is 368 g/mol. The van der Waals surface area contributed by atoms with E-state index in [0.717, 1.165) is 0 Å². The van der Waals surface area contributed by atoms with Crippen LogP contribution in [0.25, 0.3) is 0 Å². The lowest BCUT2D eigenvalue weighted by molar-refractivity contribution is -0.170. The topological polar surface area (TPSA) is 177 Å². The standard InChI is InChI=1S/C16H24O11/c17-1-2-25-3-4-26-5-6-27-16(24)12-8-10(14(20)21)9(13(18)19)7-11(12)15(22)23/h9-12,17H,1-8H2,(H,18,19)(H,20,21)(H,22,23). The largest absolute Gasteiger partial charge is 0.481 e. The molecule has 0 aromatic heterocycles. The van der Waals surface area contributed by atoms with Crippen LogP contribution < -0.4 is 0 Å². The van der Waals surface area contributed by atoms with Crippen molar-refractivity contribution in [3.05, 3.63) is 0 Å². The van der Waals surface area contributed by atoms with E-state index < -0.39 is 60.4 Å². The first-order valence-electron chi connectivity index (χ1n) is 8.41. The lowest BCUT2D eigenvalue weighted by Crippen LogP contribution is -2.45. The number of carbonyl (C=O) groups is 4. The lowest BCUT2D eigenvalue weighted by atomic mass is 9.68. The van der Waals surface area contributed by atoms with Crippen LogP contribution in [0.1, 0.15) is 12.8 Å². The van der Waals surface area contributed by atoms with Gasteiger partial charge in [0.1, 0.15) is 6.61 Å². The summed E-state index contributed by atoms with van der Waals surface area (Å²) in [6.45, 7) is 0.387. The number of ether oxygens (including phenoxy) is 3. The van der Waals surface area contributed by atoms with Gasteiger partial charge in [-0.1, -0.05) is 0 Å². The van der Waals surface area contributed by atoms with Crippen LogP contribution in [-0.4, -0.2) is 83.9 Å². The van der Waals surface area contributed by atoms with Crippen molar-refractivity contribution in [1.29, 1.82) is 0 Å². The second kappa shape index (κ2) is 11.5. The van der Waals surface area contributed by atoms with Gasteiger partial charge >= 0.3 is 23.9 Å². The van der Waals surface area contributed by atoms with Crippen molar-refractivity contribution in [2.45, 2.75) is 12.8 Å². The number of hydrogen-bond donors (Lipinski definition) is 4. The van der Waals surface area contributed by atoms with Crippen molar-refractivity contribution >= 4 is 23.9 Å². The van der Waals surface area contributed by atoms with Crippen molar-refractivity contribution in [3.63, 3.8) is 0 Å². The minimum atomic E-state index is -1.41. The van der Waals surface area contributed by atoms with Crippen LogP contribution in [-0.2, 0) is 33.4 Å². The first kappa shape index (κ1) is 22.8. The molecule has 0 amide bonds. The number of esters is 1. The monoisotopic (exact) mass is 392 g/mol. The van der Waals surface area contributed by atoms with Gasteiger partial charge in [-0.15, -0.1) is 0 Å². The zero-order valence-electron chi connectivity index (χ0n) is 14.6. The molecule has 0 heterocycles. The molecule has 0 saturated heterocycles. The van der Waals surface area contributed by atoms with Crippen molar-refractivity contribution in [2.24, 2.45) is 23.7 Å². The first-order valence-corrected chi connectivity index (χ1v) is 8.41. The van der Waals surface area contributed by atoms with Gasteiger partial charge in [0.05, 0.1) is 56.7 Å². The van der Waals surface area contributed by atoms with Gasteiger partial charge in [-0.25, -0.2) is 0 Å². The predicted molar refractivity (Wildman–Crippen MR) is 85.8 cm³/mol. The number of carbonyl (C=O) groups excluding carboxylic acids is 1. The second-order valence-corrected chi connectivity index (χ2v) is 6.03. The molecule has 1 saturated carbocycles. The zero-order valence-corrected chi connectivity index (χ0v) is 14.6. The van der Waals surface area contributed by atoms with Crippen LogP contribution in [0.3, 0.4) is 0 Å². The van der Waals surface area contributed by atoms with Gasteiger partial charge in [0.15, 0.2) is 0 Å². The Hall–Kier alpha value is -2.24. The summed E-state index contributed by atoms with van der Waals surface area (Å²) in [5, 5.41) is 36.2. The normalized spacial score (nSPS) is 24.9. The van der Waals surface area contributed by atoms with E-state index in [0.29, 0.717) is 0 Å². The molecule has 27 heavy (non-hydrogen) atoms. The molecule has 1 aliphatic rings. The molecule has 4 unspecified atom stereocenters. The van der Waals surface area contributed by atoms with Gasteiger partial charge in [-0.2, -0.15) is 0 Å². The molecular formula is C16H24O11. The number of rotatable bonds is 12. The average molecular weight is 392 g/mol. The van der Waals surface area contributed by atoms with Crippen LogP contribution in [0, 0.1) is 23.7 Å². The Morgan fingerprint density at radius 1 is 0.667 bits per heavy atom. The molecule has 0 radical (unpaired) electrons. The molecule has 0 aliphatic heterocycles. The lowest BCUT2D eigenvalue weighted by Gasteiger charge is -2.34. The quantitative estimate of drug-likeness (QED) is 0.238. The van der Waals surface area contributed by atoms with E-state index in [1.165, 1.54) is 0 Å². The van der Waals surface area contributed by atoms with Crippen LogP contribution in [0.5, 0.6) is 0 Å². The summed E-state index contributed by atoms with van der Waals surface area (Å²) >= 11 is 0. The van der Waals surface area contributed by atoms with Crippen molar-refractivity contribution in [2.75, 3.05) is 39.6 Å². The Bertz CT molecular complexity index is 532. The third-order valence-electron chi connectivity index (χ3n) is 4.32. The van der Waals surface area contributed by atoms with E-state index in [2.05, 4.69) is 0 Å². The average Bonchev–Trinajstić information content (AvgIpc) is 2.62. The molecule has 11 heteroatoms. The third kappa shape index (κ3) is 7.12. The van der Waals surface area contributed by atoms with Gasteiger partial charge < -0.3 is 34.6 Å². The highest BCUT2D eigenvalue weighted by molar-refractivity contribution is 5.86. The van der Waals surface area contributed by atoms with Crippen LogP contribution in [0.4, 0.5) is 0 Å². The van der Waals surface area contributed by atoms with Gasteiger partial charge in [0.2, 0.25) is 0 Å². The predicted octanol–water partition coefficient (Wildman–Crippen LogP) is -0.932. The van der Waals surface area contributed by atoms with Gasteiger partial charge in [0.25, 0.3) is 0 Å². The maximum Gasteiger partial charge on any atom is 0.309 e. The van der Waals surface area contributed by atoms with Crippen molar-refractivity contribution in [3.8, 4) is 0 Å². The Morgan fingerprint density at radius 2 is 1.07 bits per heavy atom. The highest BCUT2D eigenvalue weighted by Crippen LogP contribution is 2.39. The van der Waals surface area contributed by atoms with Crippen molar-refractivity contribution < 1.29 is 53.8 Å². The van der Waals surface area contributed by atoms with E-state index in [-0.39, 0.29) is 39.6 Å². The number of carboxylic acids is 3. The minimum Gasteiger partial charge on any atom is -0.481 e. The molecule has 0 aromatic carbocycles. The second-order valence-electron chi connectivity index (χ2n) is 6.03. The van der Waals surface area contributed by atoms with Crippen LogP contribution in [0.15, 0.2) is 0 Å². The molecule has 11 nitrogen and oxygen atoms in total.